The molecular formula is C14H21N3S. The van der Waals surface area contributed by atoms with Crippen molar-refractivity contribution in [1.29, 1.82) is 0 Å². The van der Waals surface area contributed by atoms with Gasteiger partial charge < -0.3 is 5.32 Å². The number of rotatable bonds is 6. The number of thiophene rings is 1. The van der Waals surface area contributed by atoms with Crippen molar-refractivity contribution in [3.05, 3.63) is 39.8 Å². The topological polar surface area (TPSA) is 29.9 Å². The van der Waals surface area contributed by atoms with Gasteiger partial charge in [-0.2, -0.15) is 5.10 Å². The van der Waals surface area contributed by atoms with E-state index in [-0.39, 0.29) is 0 Å². The van der Waals surface area contributed by atoms with Gasteiger partial charge in [0.05, 0.1) is 11.4 Å². The molecule has 4 heteroatoms. The number of hydrogen-bond acceptors (Lipinski definition) is 3. The van der Waals surface area contributed by atoms with E-state index in [1.807, 2.05) is 30.1 Å². The Bertz CT molecular complexity index is 473. The minimum atomic E-state index is 0.380. The Hall–Kier alpha value is -1.13. The fraction of sp³-hybridized carbons (Fsp3) is 0.500. The third-order valence-corrected chi connectivity index (χ3v) is 4.23. The summed E-state index contributed by atoms with van der Waals surface area (Å²) in [6.45, 7) is 2.14. The van der Waals surface area contributed by atoms with Crippen molar-refractivity contribution < 1.29 is 0 Å². The number of hydrogen-bond donors (Lipinski definition) is 1. The van der Waals surface area contributed by atoms with Gasteiger partial charge in [-0.15, -0.1) is 11.3 Å². The first-order valence-electron chi connectivity index (χ1n) is 6.47. The summed E-state index contributed by atoms with van der Waals surface area (Å²) in [6, 6.07) is 6.92. The van der Waals surface area contributed by atoms with Crippen molar-refractivity contribution in [2.24, 2.45) is 7.05 Å². The quantitative estimate of drug-likeness (QED) is 0.868. The van der Waals surface area contributed by atoms with Crippen LogP contribution in [0.1, 0.15) is 35.7 Å². The molecule has 0 aliphatic rings. The summed E-state index contributed by atoms with van der Waals surface area (Å²) in [4.78, 5) is 1.45. The Morgan fingerprint density at radius 2 is 2.33 bits per heavy atom. The van der Waals surface area contributed by atoms with Crippen LogP contribution in [0, 0.1) is 0 Å². The van der Waals surface area contributed by atoms with Gasteiger partial charge in [0.15, 0.2) is 0 Å². The molecule has 0 amide bonds. The minimum absolute atomic E-state index is 0.380. The first kappa shape index (κ1) is 13.3. The molecule has 0 bridgehead atoms. The van der Waals surface area contributed by atoms with E-state index >= 15 is 0 Å². The van der Waals surface area contributed by atoms with Crippen LogP contribution in [-0.2, 0) is 19.9 Å². The molecule has 0 spiro atoms. The summed E-state index contributed by atoms with van der Waals surface area (Å²) in [7, 11) is 4.06. The lowest BCUT2D eigenvalue weighted by molar-refractivity contribution is 0.507. The van der Waals surface area contributed by atoms with Gasteiger partial charge in [0.2, 0.25) is 0 Å². The summed E-state index contributed by atoms with van der Waals surface area (Å²) in [6.07, 6.45) is 3.23. The predicted octanol–water partition coefficient (Wildman–Crippen LogP) is 2.94. The molecule has 0 aliphatic heterocycles. The molecular weight excluding hydrogens is 242 g/mol. The van der Waals surface area contributed by atoms with Crippen LogP contribution in [0.25, 0.3) is 0 Å². The van der Waals surface area contributed by atoms with Gasteiger partial charge in [-0.1, -0.05) is 13.0 Å². The van der Waals surface area contributed by atoms with E-state index in [0.29, 0.717) is 6.04 Å². The summed E-state index contributed by atoms with van der Waals surface area (Å²) in [5.74, 6) is 0. The molecule has 18 heavy (non-hydrogen) atoms. The molecule has 2 aromatic rings. The highest BCUT2D eigenvalue weighted by atomic mass is 32.1. The standard InChI is InChI=1S/C14H21N3S/c1-4-11-10-14(17(3)16-11)13(15-2)8-7-12-6-5-9-18-12/h5-6,9-10,13,15H,4,7-8H2,1-3H3. The van der Waals surface area contributed by atoms with Gasteiger partial charge in [0, 0.05) is 18.0 Å². The van der Waals surface area contributed by atoms with Crippen LogP contribution in [0.5, 0.6) is 0 Å². The molecule has 0 radical (unpaired) electrons. The number of nitrogens with zero attached hydrogens (tertiary/aromatic N) is 2. The lowest BCUT2D eigenvalue weighted by Crippen LogP contribution is -2.20. The average molecular weight is 263 g/mol. The zero-order valence-electron chi connectivity index (χ0n) is 11.3. The maximum atomic E-state index is 4.52. The second kappa shape index (κ2) is 6.16. The largest absolute Gasteiger partial charge is 0.312 e. The third-order valence-electron chi connectivity index (χ3n) is 3.29. The fourth-order valence-electron chi connectivity index (χ4n) is 2.22. The van der Waals surface area contributed by atoms with E-state index < -0.39 is 0 Å². The molecule has 2 aromatic heterocycles. The first-order valence-corrected chi connectivity index (χ1v) is 7.35. The molecule has 3 nitrogen and oxygen atoms in total. The van der Waals surface area contributed by atoms with Gasteiger partial charge in [-0.25, -0.2) is 0 Å². The van der Waals surface area contributed by atoms with Crippen molar-refractivity contribution >= 4 is 11.3 Å². The van der Waals surface area contributed by atoms with E-state index in [9.17, 15) is 0 Å². The lowest BCUT2D eigenvalue weighted by atomic mass is 10.1. The second-order valence-electron chi connectivity index (χ2n) is 4.50. The van der Waals surface area contributed by atoms with Crippen LogP contribution in [-0.4, -0.2) is 16.8 Å². The SMILES string of the molecule is CCc1cc(C(CCc2cccs2)NC)n(C)n1. The van der Waals surface area contributed by atoms with E-state index in [0.717, 1.165) is 19.3 Å². The molecule has 0 saturated heterocycles. The van der Waals surface area contributed by atoms with Crippen LogP contribution in [0.3, 0.4) is 0 Å². The number of aryl methyl sites for hydroxylation is 3. The van der Waals surface area contributed by atoms with Crippen LogP contribution in [0.15, 0.2) is 23.6 Å². The van der Waals surface area contributed by atoms with Gasteiger partial charge in [0.1, 0.15) is 0 Å². The molecule has 0 aliphatic carbocycles. The fourth-order valence-corrected chi connectivity index (χ4v) is 2.95. The van der Waals surface area contributed by atoms with Crippen LogP contribution < -0.4 is 5.32 Å². The van der Waals surface area contributed by atoms with E-state index in [1.54, 1.807) is 0 Å². The molecule has 2 rings (SSSR count). The van der Waals surface area contributed by atoms with Gasteiger partial charge in [0.25, 0.3) is 0 Å². The zero-order valence-corrected chi connectivity index (χ0v) is 12.1. The highest BCUT2D eigenvalue weighted by Crippen LogP contribution is 2.21. The average Bonchev–Trinajstić information content (AvgIpc) is 3.00. The smallest absolute Gasteiger partial charge is 0.0625 e. The molecule has 98 valence electrons. The Kier molecular flexibility index (Phi) is 4.55. The molecule has 0 saturated carbocycles. The Balaban J connectivity index is 2.05. The van der Waals surface area contributed by atoms with E-state index in [2.05, 4.69) is 40.9 Å². The van der Waals surface area contributed by atoms with E-state index in [4.69, 9.17) is 0 Å². The lowest BCUT2D eigenvalue weighted by Gasteiger charge is -2.15. The first-order chi connectivity index (χ1) is 8.74. The minimum Gasteiger partial charge on any atom is -0.312 e. The maximum absolute atomic E-state index is 4.52. The Morgan fingerprint density at radius 1 is 1.50 bits per heavy atom. The van der Waals surface area contributed by atoms with Crippen molar-refractivity contribution in [1.82, 2.24) is 15.1 Å². The molecule has 0 fully saturated rings. The van der Waals surface area contributed by atoms with Crippen molar-refractivity contribution in [3.8, 4) is 0 Å². The second-order valence-corrected chi connectivity index (χ2v) is 5.53. The van der Waals surface area contributed by atoms with Crippen molar-refractivity contribution in [2.75, 3.05) is 7.05 Å². The summed E-state index contributed by atoms with van der Waals surface area (Å²) in [5.41, 5.74) is 2.45. The molecule has 0 aromatic carbocycles. The normalized spacial score (nSPS) is 12.8. The van der Waals surface area contributed by atoms with Crippen molar-refractivity contribution in [2.45, 2.75) is 32.2 Å². The highest BCUT2D eigenvalue weighted by Gasteiger charge is 2.14. The molecule has 1 atom stereocenters. The van der Waals surface area contributed by atoms with E-state index in [1.165, 1.54) is 16.3 Å². The summed E-state index contributed by atoms with van der Waals surface area (Å²) in [5, 5.41) is 10.1. The van der Waals surface area contributed by atoms with Gasteiger partial charge >= 0.3 is 0 Å². The summed E-state index contributed by atoms with van der Waals surface area (Å²) < 4.78 is 2.01. The maximum Gasteiger partial charge on any atom is 0.0625 e. The Morgan fingerprint density at radius 3 is 2.89 bits per heavy atom. The van der Waals surface area contributed by atoms with Gasteiger partial charge in [-0.3, -0.25) is 4.68 Å². The molecule has 1 unspecified atom stereocenters. The predicted molar refractivity (Wildman–Crippen MR) is 77.0 cm³/mol. The monoisotopic (exact) mass is 263 g/mol. The Labute approximate surface area is 113 Å². The van der Waals surface area contributed by atoms with Crippen LogP contribution >= 0.6 is 11.3 Å². The third kappa shape index (κ3) is 3.00. The number of nitrogens with one attached hydrogen (secondary N) is 1. The molecule has 1 N–H and O–H groups in total. The summed E-state index contributed by atoms with van der Waals surface area (Å²) >= 11 is 1.83. The molecule has 2 heterocycles. The van der Waals surface area contributed by atoms with Crippen molar-refractivity contribution in [3.63, 3.8) is 0 Å². The van der Waals surface area contributed by atoms with Gasteiger partial charge in [-0.05, 0) is 43.8 Å². The van der Waals surface area contributed by atoms with Crippen LogP contribution in [0.4, 0.5) is 0 Å². The van der Waals surface area contributed by atoms with Crippen LogP contribution in [0.2, 0.25) is 0 Å². The number of aromatic nitrogens is 2. The highest BCUT2D eigenvalue weighted by molar-refractivity contribution is 7.09. The zero-order chi connectivity index (χ0) is 13.0.